The van der Waals surface area contributed by atoms with Crippen LogP contribution in [0.15, 0.2) is 24.3 Å². The van der Waals surface area contributed by atoms with Crippen molar-refractivity contribution in [3.05, 3.63) is 24.3 Å². The number of aromatic nitrogens is 2. The number of hydrogen-bond donors (Lipinski definition) is 1. The van der Waals surface area contributed by atoms with Gasteiger partial charge < -0.3 is 14.8 Å². The number of nitrogens with zero attached hydrogens (tertiary/aromatic N) is 2. The van der Waals surface area contributed by atoms with Crippen LogP contribution >= 0.6 is 0 Å². The van der Waals surface area contributed by atoms with Gasteiger partial charge in [-0.3, -0.25) is 0 Å². The molecule has 0 radical (unpaired) electrons. The number of nitrogens with one attached hydrogen (secondary N) is 1. The fraction of sp³-hybridized carbons (Fsp3) is 0.467. The van der Waals surface area contributed by atoms with Gasteiger partial charge in [0, 0.05) is 26.7 Å². The fourth-order valence-corrected chi connectivity index (χ4v) is 1.85. The SMILES string of the molecule is CCCNc1nc(OCCCOC)c2ccccc2n1. The molecule has 0 bridgehead atoms. The van der Waals surface area contributed by atoms with E-state index in [1.165, 1.54) is 0 Å². The Morgan fingerprint density at radius 3 is 2.80 bits per heavy atom. The first-order valence-electron chi connectivity index (χ1n) is 6.97. The summed E-state index contributed by atoms with van der Waals surface area (Å²) in [4.78, 5) is 8.94. The Morgan fingerprint density at radius 2 is 2.00 bits per heavy atom. The Hall–Kier alpha value is -1.88. The van der Waals surface area contributed by atoms with Gasteiger partial charge in [0.05, 0.1) is 17.5 Å². The third kappa shape index (κ3) is 3.81. The van der Waals surface area contributed by atoms with Crippen molar-refractivity contribution < 1.29 is 9.47 Å². The van der Waals surface area contributed by atoms with Crippen LogP contribution in [0.4, 0.5) is 5.95 Å². The molecule has 1 heterocycles. The van der Waals surface area contributed by atoms with E-state index in [0.29, 0.717) is 25.0 Å². The molecule has 108 valence electrons. The highest BCUT2D eigenvalue weighted by Crippen LogP contribution is 2.23. The molecule has 0 saturated carbocycles. The average molecular weight is 275 g/mol. The van der Waals surface area contributed by atoms with E-state index in [4.69, 9.17) is 9.47 Å². The predicted molar refractivity (Wildman–Crippen MR) is 80.3 cm³/mol. The first kappa shape index (κ1) is 14.5. The maximum atomic E-state index is 5.77. The van der Waals surface area contributed by atoms with E-state index >= 15 is 0 Å². The number of methoxy groups -OCH3 is 1. The molecule has 0 aliphatic rings. The Bertz CT molecular complexity index is 546. The average Bonchev–Trinajstić information content (AvgIpc) is 2.49. The Kier molecular flexibility index (Phi) is 5.55. The highest BCUT2D eigenvalue weighted by molar-refractivity contribution is 5.84. The van der Waals surface area contributed by atoms with Crippen molar-refractivity contribution >= 4 is 16.9 Å². The Morgan fingerprint density at radius 1 is 1.15 bits per heavy atom. The van der Waals surface area contributed by atoms with Crippen molar-refractivity contribution in [1.82, 2.24) is 9.97 Å². The van der Waals surface area contributed by atoms with Gasteiger partial charge in [-0.1, -0.05) is 19.1 Å². The van der Waals surface area contributed by atoms with Crippen LogP contribution in [0.2, 0.25) is 0 Å². The minimum Gasteiger partial charge on any atom is -0.477 e. The van der Waals surface area contributed by atoms with Gasteiger partial charge in [-0.05, 0) is 18.6 Å². The molecule has 1 aromatic heterocycles. The first-order valence-corrected chi connectivity index (χ1v) is 6.97. The van der Waals surface area contributed by atoms with E-state index < -0.39 is 0 Å². The van der Waals surface area contributed by atoms with Gasteiger partial charge >= 0.3 is 0 Å². The Balaban J connectivity index is 2.19. The van der Waals surface area contributed by atoms with Crippen LogP contribution in [0.3, 0.4) is 0 Å². The van der Waals surface area contributed by atoms with E-state index in [0.717, 1.165) is 30.3 Å². The van der Waals surface area contributed by atoms with Gasteiger partial charge in [0.25, 0.3) is 0 Å². The molecule has 20 heavy (non-hydrogen) atoms. The summed E-state index contributed by atoms with van der Waals surface area (Å²) in [6, 6.07) is 7.88. The van der Waals surface area contributed by atoms with Gasteiger partial charge in [-0.15, -0.1) is 0 Å². The molecule has 2 aromatic rings. The van der Waals surface area contributed by atoms with E-state index in [2.05, 4.69) is 22.2 Å². The van der Waals surface area contributed by atoms with E-state index in [-0.39, 0.29) is 0 Å². The molecule has 1 N–H and O–H groups in total. The molecular formula is C15H21N3O2. The van der Waals surface area contributed by atoms with Crippen LogP contribution < -0.4 is 10.1 Å². The van der Waals surface area contributed by atoms with Crippen LogP contribution in [0, 0.1) is 0 Å². The molecule has 0 unspecified atom stereocenters. The topological polar surface area (TPSA) is 56.3 Å². The molecule has 0 aliphatic heterocycles. The largest absolute Gasteiger partial charge is 0.477 e. The van der Waals surface area contributed by atoms with Crippen LogP contribution in [-0.4, -0.2) is 36.8 Å². The van der Waals surface area contributed by atoms with Crippen molar-refractivity contribution in [1.29, 1.82) is 0 Å². The number of rotatable bonds is 8. The molecule has 2 rings (SSSR count). The summed E-state index contributed by atoms with van der Waals surface area (Å²) < 4.78 is 10.8. The molecule has 0 spiro atoms. The van der Waals surface area contributed by atoms with Crippen molar-refractivity contribution in [3.8, 4) is 5.88 Å². The Labute approximate surface area is 119 Å². The number of para-hydroxylation sites is 1. The summed E-state index contributed by atoms with van der Waals surface area (Å²) in [7, 11) is 1.69. The number of anilines is 1. The minimum absolute atomic E-state index is 0.585. The van der Waals surface area contributed by atoms with Gasteiger partial charge in [0.15, 0.2) is 0 Å². The van der Waals surface area contributed by atoms with E-state index in [1.807, 2.05) is 24.3 Å². The van der Waals surface area contributed by atoms with E-state index in [9.17, 15) is 0 Å². The molecule has 0 amide bonds. The molecule has 0 saturated heterocycles. The normalized spacial score (nSPS) is 10.7. The quantitative estimate of drug-likeness (QED) is 0.751. The molecule has 1 aromatic carbocycles. The molecular weight excluding hydrogens is 254 g/mol. The highest BCUT2D eigenvalue weighted by Gasteiger charge is 2.08. The summed E-state index contributed by atoms with van der Waals surface area (Å²) in [6.07, 6.45) is 1.87. The highest BCUT2D eigenvalue weighted by atomic mass is 16.5. The van der Waals surface area contributed by atoms with Gasteiger partial charge in [-0.25, -0.2) is 4.98 Å². The monoisotopic (exact) mass is 275 g/mol. The summed E-state index contributed by atoms with van der Waals surface area (Å²) >= 11 is 0. The summed E-state index contributed by atoms with van der Waals surface area (Å²) in [5, 5.41) is 4.14. The standard InChI is InChI=1S/C15H21N3O2/c1-3-9-16-15-17-13-8-5-4-7-12(13)14(18-15)20-11-6-10-19-2/h4-5,7-8H,3,6,9-11H2,1-2H3,(H,16,17,18). The number of benzene rings is 1. The van der Waals surface area contributed by atoms with Crippen LogP contribution in [0.1, 0.15) is 19.8 Å². The molecule has 5 nitrogen and oxygen atoms in total. The molecule has 0 aliphatic carbocycles. The lowest BCUT2D eigenvalue weighted by Gasteiger charge is -2.10. The zero-order valence-electron chi connectivity index (χ0n) is 12.1. The zero-order chi connectivity index (χ0) is 14.2. The lowest BCUT2D eigenvalue weighted by Crippen LogP contribution is -2.08. The van der Waals surface area contributed by atoms with E-state index in [1.54, 1.807) is 7.11 Å². The summed E-state index contributed by atoms with van der Waals surface area (Å²) in [5.74, 6) is 1.25. The third-order valence-electron chi connectivity index (χ3n) is 2.83. The number of fused-ring (bicyclic) bond motifs is 1. The second-order valence-corrected chi connectivity index (χ2v) is 4.49. The van der Waals surface area contributed by atoms with Gasteiger partial charge in [-0.2, -0.15) is 4.98 Å². The van der Waals surface area contributed by atoms with Gasteiger partial charge in [0.1, 0.15) is 0 Å². The molecule has 0 fully saturated rings. The number of ether oxygens (including phenoxy) is 2. The van der Waals surface area contributed by atoms with Crippen LogP contribution in [0.25, 0.3) is 10.9 Å². The predicted octanol–water partition coefficient (Wildman–Crippen LogP) is 2.87. The summed E-state index contributed by atoms with van der Waals surface area (Å²) in [5.41, 5.74) is 0.892. The second kappa shape index (κ2) is 7.65. The second-order valence-electron chi connectivity index (χ2n) is 4.49. The number of hydrogen-bond acceptors (Lipinski definition) is 5. The maximum Gasteiger partial charge on any atom is 0.226 e. The third-order valence-corrected chi connectivity index (χ3v) is 2.83. The van der Waals surface area contributed by atoms with Crippen molar-refractivity contribution in [2.75, 3.05) is 32.2 Å². The van der Waals surface area contributed by atoms with Crippen molar-refractivity contribution in [2.24, 2.45) is 0 Å². The smallest absolute Gasteiger partial charge is 0.226 e. The maximum absolute atomic E-state index is 5.77. The molecule has 5 heteroatoms. The minimum atomic E-state index is 0.585. The fourth-order valence-electron chi connectivity index (χ4n) is 1.85. The van der Waals surface area contributed by atoms with Crippen molar-refractivity contribution in [2.45, 2.75) is 19.8 Å². The lowest BCUT2D eigenvalue weighted by atomic mass is 10.2. The van der Waals surface area contributed by atoms with Gasteiger partial charge in [0.2, 0.25) is 11.8 Å². The summed E-state index contributed by atoms with van der Waals surface area (Å²) in [6.45, 7) is 4.23. The van der Waals surface area contributed by atoms with Crippen LogP contribution in [0.5, 0.6) is 5.88 Å². The lowest BCUT2D eigenvalue weighted by molar-refractivity contribution is 0.171. The van der Waals surface area contributed by atoms with Crippen LogP contribution in [-0.2, 0) is 4.74 Å². The zero-order valence-corrected chi connectivity index (χ0v) is 12.1. The molecule has 0 atom stereocenters. The first-order chi connectivity index (χ1) is 9.85. The van der Waals surface area contributed by atoms with Crippen molar-refractivity contribution in [3.63, 3.8) is 0 Å².